The van der Waals surface area contributed by atoms with E-state index < -0.39 is 17.1 Å². The van der Waals surface area contributed by atoms with E-state index in [-0.39, 0.29) is 18.1 Å². The summed E-state index contributed by atoms with van der Waals surface area (Å²) in [5, 5.41) is 33.3. The van der Waals surface area contributed by atoms with Crippen molar-refractivity contribution in [2.75, 3.05) is 6.61 Å². The molecule has 0 aliphatic rings. The predicted octanol–water partition coefficient (Wildman–Crippen LogP) is 1.92. The number of nitro groups is 1. The van der Waals surface area contributed by atoms with Gasteiger partial charge in [-0.1, -0.05) is 12.1 Å². The van der Waals surface area contributed by atoms with Crippen LogP contribution in [0, 0.1) is 15.9 Å². The first kappa shape index (κ1) is 17.0. The lowest BCUT2D eigenvalue weighted by atomic mass is 10.0. The fourth-order valence-corrected chi connectivity index (χ4v) is 2.15. The largest absolute Gasteiger partial charge is 0.395 e. The quantitative estimate of drug-likeness (QED) is 0.535. The molecule has 0 radical (unpaired) electrons. The van der Waals surface area contributed by atoms with Crippen molar-refractivity contribution in [1.29, 1.82) is 0 Å². The monoisotopic (exact) mass is 320 g/mol. The number of aliphatic hydroxyl groups is 2. The summed E-state index contributed by atoms with van der Waals surface area (Å²) in [4.78, 5) is 10.1. The lowest BCUT2D eigenvalue weighted by Crippen LogP contribution is -2.37. The highest BCUT2D eigenvalue weighted by Crippen LogP contribution is 2.20. The molecule has 2 rings (SSSR count). The van der Waals surface area contributed by atoms with Crippen molar-refractivity contribution in [3.05, 3.63) is 75.6 Å². The van der Waals surface area contributed by atoms with E-state index in [1.165, 1.54) is 36.4 Å². The molecule has 3 N–H and O–H groups in total. The van der Waals surface area contributed by atoms with Gasteiger partial charge in [0.25, 0.3) is 5.69 Å². The van der Waals surface area contributed by atoms with Crippen molar-refractivity contribution >= 4 is 5.69 Å². The van der Waals surface area contributed by atoms with E-state index in [9.17, 15) is 24.7 Å². The first-order valence-corrected chi connectivity index (χ1v) is 7.02. The zero-order valence-electron chi connectivity index (χ0n) is 12.2. The van der Waals surface area contributed by atoms with Gasteiger partial charge in [-0.2, -0.15) is 0 Å². The Labute approximate surface area is 132 Å². The Kier molecular flexibility index (Phi) is 5.75. The summed E-state index contributed by atoms with van der Waals surface area (Å²) >= 11 is 0. The molecular formula is C16H17FN2O4. The van der Waals surface area contributed by atoms with E-state index in [0.29, 0.717) is 12.1 Å². The zero-order chi connectivity index (χ0) is 16.8. The number of non-ortho nitro benzene ring substituents is 1. The molecule has 0 heterocycles. The SMILES string of the molecule is O=[N+]([O-])c1ccc(C(O)C(CO)NCc2ccc(F)cc2)cc1. The summed E-state index contributed by atoms with van der Waals surface area (Å²) in [7, 11) is 0. The van der Waals surface area contributed by atoms with Crippen LogP contribution in [-0.2, 0) is 6.54 Å². The molecule has 6 nitrogen and oxygen atoms in total. The zero-order valence-corrected chi connectivity index (χ0v) is 12.2. The van der Waals surface area contributed by atoms with Crippen LogP contribution in [0.25, 0.3) is 0 Å². The molecule has 0 saturated heterocycles. The molecule has 2 aromatic carbocycles. The van der Waals surface area contributed by atoms with E-state index >= 15 is 0 Å². The molecule has 0 aliphatic carbocycles. The van der Waals surface area contributed by atoms with Gasteiger partial charge in [0.15, 0.2) is 0 Å². The lowest BCUT2D eigenvalue weighted by molar-refractivity contribution is -0.384. The van der Waals surface area contributed by atoms with Gasteiger partial charge < -0.3 is 15.5 Å². The molecule has 0 amide bonds. The molecule has 0 aliphatic heterocycles. The van der Waals surface area contributed by atoms with E-state index in [1.807, 2.05) is 0 Å². The Hall–Kier alpha value is -2.35. The predicted molar refractivity (Wildman–Crippen MR) is 82.2 cm³/mol. The summed E-state index contributed by atoms with van der Waals surface area (Å²) in [6.07, 6.45) is -1.03. The molecule has 122 valence electrons. The van der Waals surface area contributed by atoms with Gasteiger partial charge in [-0.05, 0) is 35.4 Å². The molecule has 0 aromatic heterocycles. The highest BCUT2D eigenvalue weighted by molar-refractivity contribution is 5.34. The first-order chi connectivity index (χ1) is 11.0. The van der Waals surface area contributed by atoms with Crippen LogP contribution in [0.3, 0.4) is 0 Å². The second-order valence-electron chi connectivity index (χ2n) is 5.09. The van der Waals surface area contributed by atoms with Gasteiger partial charge in [0.1, 0.15) is 5.82 Å². The minimum atomic E-state index is -1.03. The van der Waals surface area contributed by atoms with Crippen molar-refractivity contribution in [1.82, 2.24) is 5.32 Å². The van der Waals surface area contributed by atoms with Crippen molar-refractivity contribution in [3.63, 3.8) is 0 Å². The number of nitro benzene ring substituents is 1. The van der Waals surface area contributed by atoms with Crippen molar-refractivity contribution in [3.8, 4) is 0 Å². The van der Waals surface area contributed by atoms with Crippen LogP contribution in [0.5, 0.6) is 0 Å². The van der Waals surface area contributed by atoms with Gasteiger partial charge in [-0.25, -0.2) is 4.39 Å². The van der Waals surface area contributed by atoms with E-state index in [1.54, 1.807) is 12.1 Å². The standard InChI is InChI=1S/C16H17FN2O4/c17-13-5-1-11(2-6-13)9-18-15(10-20)16(21)12-3-7-14(8-4-12)19(22)23/h1-8,15-16,18,20-21H,9-10H2. The molecule has 7 heteroatoms. The Morgan fingerprint density at radius 2 is 1.74 bits per heavy atom. The fraction of sp³-hybridized carbons (Fsp3) is 0.250. The fourth-order valence-electron chi connectivity index (χ4n) is 2.15. The van der Waals surface area contributed by atoms with E-state index in [0.717, 1.165) is 5.56 Å². The van der Waals surface area contributed by atoms with E-state index in [2.05, 4.69) is 5.32 Å². The van der Waals surface area contributed by atoms with Crippen LogP contribution in [-0.4, -0.2) is 27.8 Å². The lowest BCUT2D eigenvalue weighted by Gasteiger charge is -2.22. The number of hydrogen-bond acceptors (Lipinski definition) is 5. The maximum Gasteiger partial charge on any atom is 0.269 e. The van der Waals surface area contributed by atoms with Crippen LogP contribution in [0.2, 0.25) is 0 Å². The second-order valence-corrected chi connectivity index (χ2v) is 5.09. The Bertz CT molecular complexity index is 646. The molecule has 0 saturated carbocycles. The van der Waals surface area contributed by atoms with Gasteiger partial charge in [0.2, 0.25) is 0 Å². The average Bonchev–Trinajstić information content (AvgIpc) is 2.57. The molecule has 0 fully saturated rings. The third-order valence-electron chi connectivity index (χ3n) is 3.50. The van der Waals surface area contributed by atoms with Crippen molar-refractivity contribution in [2.24, 2.45) is 0 Å². The highest BCUT2D eigenvalue weighted by atomic mass is 19.1. The molecule has 2 aromatic rings. The maximum absolute atomic E-state index is 12.8. The number of aliphatic hydroxyl groups excluding tert-OH is 2. The Balaban J connectivity index is 2.01. The molecule has 2 unspecified atom stereocenters. The average molecular weight is 320 g/mol. The van der Waals surface area contributed by atoms with E-state index in [4.69, 9.17) is 0 Å². The first-order valence-electron chi connectivity index (χ1n) is 7.02. The minimum Gasteiger partial charge on any atom is -0.395 e. The molecule has 0 spiro atoms. The Morgan fingerprint density at radius 3 is 2.26 bits per heavy atom. The summed E-state index contributed by atoms with van der Waals surface area (Å²) < 4.78 is 12.8. The molecule has 0 bridgehead atoms. The number of hydrogen-bond donors (Lipinski definition) is 3. The van der Waals surface area contributed by atoms with Crippen molar-refractivity contribution < 1.29 is 19.5 Å². The minimum absolute atomic E-state index is 0.0687. The topological polar surface area (TPSA) is 95.6 Å². The van der Waals surface area contributed by atoms with Crippen LogP contribution in [0.4, 0.5) is 10.1 Å². The van der Waals surface area contributed by atoms with Gasteiger partial charge in [0.05, 0.1) is 23.7 Å². The number of nitrogens with zero attached hydrogens (tertiary/aromatic N) is 1. The normalized spacial score (nSPS) is 13.5. The number of nitrogens with one attached hydrogen (secondary N) is 1. The number of halogens is 1. The summed E-state index contributed by atoms with van der Waals surface area (Å²) in [5.41, 5.74) is 1.20. The molecule has 2 atom stereocenters. The highest BCUT2D eigenvalue weighted by Gasteiger charge is 2.20. The third-order valence-corrected chi connectivity index (χ3v) is 3.50. The smallest absolute Gasteiger partial charge is 0.269 e. The van der Waals surface area contributed by atoms with Gasteiger partial charge >= 0.3 is 0 Å². The summed E-state index contributed by atoms with van der Waals surface area (Å²) in [5.74, 6) is -0.335. The maximum atomic E-state index is 12.8. The summed E-state index contributed by atoms with van der Waals surface area (Å²) in [6.45, 7) is 0.0227. The third kappa shape index (κ3) is 4.56. The second kappa shape index (κ2) is 7.77. The van der Waals surface area contributed by atoms with Crippen LogP contribution in [0.15, 0.2) is 48.5 Å². The van der Waals surface area contributed by atoms with Crippen LogP contribution < -0.4 is 5.32 Å². The van der Waals surface area contributed by atoms with Crippen molar-refractivity contribution in [2.45, 2.75) is 18.7 Å². The van der Waals surface area contributed by atoms with Gasteiger partial charge in [0, 0.05) is 18.7 Å². The number of benzene rings is 2. The van der Waals surface area contributed by atoms with Crippen LogP contribution in [0.1, 0.15) is 17.2 Å². The number of rotatable bonds is 7. The molecule has 23 heavy (non-hydrogen) atoms. The van der Waals surface area contributed by atoms with Crippen LogP contribution >= 0.6 is 0 Å². The summed E-state index contributed by atoms with van der Waals surface area (Å²) in [6, 6.07) is 10.7. The Morgan fingerprint density at radius 1 is 1.13 bits per heavy atom. The molecular weight excluding hydrogens is 303 g/mol. The van der Waals surface area contributed by atoms with Gasteiger partial charge in [-0.3, -0.25) is 10.1 Å². The van der Waals surface area contributed by atoms with Gasteiger partial charge in [-0.15, -0.1) is 0 Å².